The Hall–Kier alpha value is -1.65. The maximum Gasteiger partial charge on any atom is 0.312 e. The fourth-order valence-corrected chi connectivity index (χ4v) is 1.46. The maximum absolute atomic E-state index is 11.2. The first-order valence-electron chi connectivity index (χ1n) is 3.93. The lowest BCUT2D eigenvalue weighted by Gasteiger charge is -2.18. The molecule has 0 amide bonds. The molecule has 1 atom stereocenters. The van der Waals surface area contributed by atoms with Crippen molar-refractivity contribution in [1.82, 2.24) is 4.90 Å². The lowest BCUT2D eigenvalue weighted by molar-refractivity contribution is -0.139. The number of aliphatic carboxylic acids is 1. The Bertz CT molecular complexity index is 332. The number of carbonyl (C=O) groups is 2. The molecule has 5 nitrogen and oxygen atoms in total. The quantitative estimate of drug-likeness (QED) is 0.590. The average Bonchev–Trinajstić information content (AvgIpc) is 2.49. The molecule has 0 aromatic heterocycles. The summed E-state index contributed by atoms with van der Waals surface area (Å²) < 4.78 is 0. The van der Waals surface area contributed by atoms with Gasteiger partial charge in [0.05, 0.1) is 18.0 Å². The molecule has 2 aliphatic heterocycles. The molecule has 13 heavy (non-hydrogen) atoms. The summed E-state index contributed by atoms with van der Waals surface area (Å²) in [5.74, 6) is -1.59. The predicted octanol–water partition coefficient (Wildman–Crippen LogP) is -0.502. The van der Waals surface area contributed by atoms with E-state index in [4.69, 9.17) is 5.11 Å². The smallest absolute Gasteiger partial charge is 0.312 e. The monoisotopic (exact) mass is 180 g/mol. The van der Waals surface area contributed by atoms with E-state index in [0.29, 0.717) is 12.2 Å². The van der Waals surface area contributed by atoms with E-state index in [9.17, 15) is 9.59 Å². The minimum atomic E-state index is -0.900. The number of Topliss-reactive ketones (excluding diaryl/α,β-unsaturated/α-hetero) is 1. The largest absolute Gasteiger partial charge is 0.481 e. The van der Waals surface area contributed by atoms with Crippen LogP contribution in [0.2, 0.25) is 0 Å². The Balaban J connectivity index is 2.28. The SMILES string of the molecule is O=C1CN=CN2C[C@@H](C(=O)O)C=C12. The standard InChI is InChI=1S/C8H8N2O3/c11-7-2-9-4-10-3-5(8(12)13)1-6(7)10/h1,4-5H,2-3H2,(H,12,13)/t5-/m0/s1. The Morgan fingerprint density at radius 3 is 3.08 bits per heavy atom. The summed E-state index contributed by atoms with van der Waals surface area (Å²) in [5, 5.41) is 8.72. The maximum atomic E-state index is 11.2. The number of fused-ring (bicyclic) bond motifs is 1. The summed E-state index contributed by atoms with van der Waals surface area (Å²) in [4.78, 5) is 27.3. The minimum absolute atomic E-state index is 0.105. The van der Waals surface area contributed by atoms with E-state index >= 15 is 0 Å². The van der Waals surface area contributed by atoms with E-state index in [1.807, 2.05) is 0 Å². The van der Waals surface area contributed by atoms with Crippen LogP contribution < -0.4 is 0 Å². The van der Waals surface area contributed by atoms with Gasteiger partial charge in [0.1, 0.15) is 6.54 Å². The van der Waals surface area contributed by atoms with Crippen LogP contribution in [0.5, 0.6) is 0 Å². The van der Waals surface area contributed by atoms with E-state index < -0.39 is 11.9 Å². The van der Waals surface area contributed by atoms with Crippen molar-refractivity contribution >= 4 is 18.1 Å². The zero-order valence-electron chi connectivity index (χ0n) is 6.80. The zero-order chi connectivity index (χ0) is 9.42. The molecule has 0 bridgehead atoms. The van der Waals surface area contributed by atoms with E-state index in [2.05, 4.69) is 4.99 Å². The molecule has 68 valence electrons. The highest BCUT2D eigenvalue weighted by Gasteiger charge is 2.32. The lowest BCUT2D eigenvalue weighted by Crippen LogP contribution is -2.30. The highest BCUT2D eigenvalue weighted by atomic mass is 16.4. The Morgan fingerprint density at radius 1 is 1.69 bits per heavy atom. The zero-order valence-corrected chi connectivity index (χ0v) is 6.80. The van der Waals surface area contributed by atoms with Gasteiger partial charge in [0.2, 0.25) is 0 Å². The van der Waals surface area contributed by atoms with Gasteiger partial charge in [-0.15, -0.1) is 0 Å². The molecule has 0 saturated carbocycles. The van der Waals surface area contributed by atoms with E-state index in [-0.39, 0.29) is 12.3 Å². The highest BCUT2D eigenvalue weighted by Crippen LogP contribution is 2.21. The van der Waals surface area contributed by atoms with Gasteiger partial charge in [-0.05, 0) is 6.08 Å². The third-order valence-electron chi connectivity index (χ3n) is 2.12. The topological polar surface area (TPSA) is 70.0 Å². The molecular formula is C8H8N2O3. The van der Waals surface area contributed by atoms with Crippen LogP contribution in [0.4, 0.5) is 0 Å². The number of nitrogens with zero attached hydrogens (tertiary/aromatic N) is 2. The summed E-state index contributed by atoms with van der Waals surface area (Å²) in [6.07, 6.45) is 3.02. The van der Waals surface area contributed by atoms with Crippen LogP contribution in [0.1, 0.15) is 0 Å². The van der Waals surface area contributed by atoms with Crippen molar-refractivity contribution < 1.29 is 14.7 Å². The molecular weight excluding hydrogens is 172 g/mol. The van der Waals surface area contributed by atoms with Crippen LogP contribution in [0.25, 0.3) is 0 Å². The van der Waals surface area contributed by atoms with Crippen molar-refractivity contribution in [1.29, 1.82) is 0 Å². The number of hydrogen-bond donors (Lipinski definition) is 1. The third kappa shape index (κ3) is 1.22. The van der Waals surface area contributed by atoms with Gasteiger partial charge in [0.25, 0.3) is 0 Å². The van der Waals surface area contributed by atoms with Crippen LogP contribution in [-0.4, -0.2) is 41.2 Å². The van der Waals surface area contributed by atoms with Crippen molar-refractivity contribution in [3.8, 4) is 0 Å². The number of carbonyl (C=O) groups excluding carboxylic acids is 1. The Morgan fingerprint density at radius 2 is 2.46 bits per heavy atom. The number of hydrogen-bond acceptors (Lipinski definition) is 4. The van der Waals surface area contributed by atoms with Gasteiger partial charge < -0.3 is 10.0 Å². The molecule has 1 N–H and O–H groups in total. The molecule has 0 spiro atoms. The second-order valence-electron chi connectivity index (χ2n) is 3.03. The number of carboxylic acid groups (broad SMARTS) is 1. The summed E-state index contributed by atoms with van der Waals surface area (Å²) in [6, 6.07) is 0. The lowest BCUT2D eigenvalue weighted by atomic mass is 10.1. The van der Waals surface area contributed by atoms with E-state index in [0.717, 1.165) is 0 Å². The molecule has 5 heteroatoms. The van der Waals surface area contributed by atoms with Gasteiger partial charge in [-0.3, -0.25) is 14.6 Å². The predicted molar refractivity (Wildman–Crippen MR) is 44.3 cm³/mol. The summed E-state index contributed by atoms with van der Waals surface area (Å²) in [5.41, 5.74) is 0.474. The van der Waals surface area contributed by atoms with Gasteiger partial charge >= 0.3 is 5.97 Å². The van der Waals surface area contributed by atoms with E-state index in [1.165, 1.54) is 12.4 Å². The van der Waals surface area contributed by atoms with Gasteiger partial charge in [0, 0.05) is 6.54 Å². The third-order valence-corrected chi connectivity index (χ3v) is 2.12. The second kappa shape index (κ2) is 2.69. The van der Waals surface area contributed by atoms with E-state index in [1.54, 1.807) is 4.90 Å². The number of aliphatic imine (C=N–C) groups is 1. The molecule has 0 aromatic rings. The molecule has 0 saturated heterocycles. The van der Waals surface area contributed by atoms with Gasteiger partial charge in [0.15, 0.2) is 5.78 Å². The van der Waals surface area contributed by atoms with Crippen LogP contribution >= 0.6 is 0 Å². The van der Waals surface area contributed by atoms with Gasteiger partial charge in [-0.1, -0.05) is 0 Å². The molecule has 0 radical (unpaired) electrons. The fraction of sp³-hybridized carbons (Fsp3) is 0.375. The molecule has 0 aromatic carbocycles. The first-order valence-corrected chi connectivity index (χ1v) is 3.93. The summed E-state index contributed by atoms with van der Waals surface area (Å²) in [6.45, 7) is 0.453. The molecule has 0 fully saturated rings. The second-order valence-corrected chi connectivity index (χ2v) is 3.03. The van der Waals surface area contributed by atoms with Crippen molar-refractivity contribution in [3.05, 3.63) is 11.8 Å². The summed E-state index contributed by atoms with van der Waals surface area (Å²) in [7, 11) is 0. The normalized spacial score (nSPS) is 25.8. The number of carboxylic acids is 1. The molecule has 2 rings (SSSR count). The van der Waals surface area contributed by atoms with Gasteiger partial charge in [-0.2, -0.15) is 0 Å². The minimum Gasteiger partial charge on any atom is -0.481 e. The molecule has 2 aliphatic rings. The summed E-state index contributed by atoms with van der Waals surface area (Å²) >= 11 is 0. The van der Waals surface area contributed by atoms with Gasteiger partial charge in [-0.25, -0.2) is 0 Å². The molecule has 0 aliphatic carbocycles. The van der Waals surface area contributed by atoms with Crippen LogP contribution in [0, 0.1) is 5.92 Å². The Labute approximate surface area is 74.4 Å². The first-order chi connectivity index (χ1) is 6.18. The van der Waals surface area contributed by atoms with Crippen LogP contribution in [-0.2, 0) is 9.59 Å². The molecule has 2 heterocycles. The van der Waals surface area contributed by atoms with Crippen molar-refractivity contribution in [2.45, 2.75) is 0 Å². The molecule has 0 unspecified atom stereocenters. The van der Waals surface area contributed by atoms with Crippen LogP contribution in [0.3, 0.4) is 0 Å². The number of ketones is 1. The highest BCUT2D eigenvalue weighted by molar-refractivity contribution is 6.02. The fourth-order valence-electron chi connectivity index (χ4n) is 1.46. The average molecular weight is 180 g/mol. The first kappa shape index (κ1) is 7.97. The number of rotatable bonds is 1. The van der Waals surface area contributed by atoms with Crippen molar-refractivity contribution in [3.63, 3.8) is 0 Å². The van der Waals surface area contributed by atoms with Crippen molar-refractivity contribution in [2.24, 2.45) is 10.9 Å². The van der Waals surface area contributed by atoms with Crippen molar-refractivity contribution in [2.75, 3.05) is 13.1 Å². The Kier molecular flexibility index (Phi) is 1.65. The van der Waals surface area contributed by atoms with Crippen LogP contribution in [0.15, 0.2) is 16.8 Å².